The molecule has 1 atom stereocenters. The first-order valence-electron chi connectivity index (χ1n) is 10.0. The molecule has 1 heterocycles. The Kier molecular flexibility index (Phi) is 5.88. The molecule has 1 aliphatic carbocycles. The van der Waals surface area contributed by atoms with Crippen molar-refractivity contribution >= 4 is 11.6 Å². The molecule has 1 fully saturated rings. The van der Waals surface area contributed by atoms with Gasteiger partial charge in [0.15, 0.2) is 0 Å². The lowest BCUT2D eigenvalue weighted by molar-refractivity contribution is 0.0754. The summed E-state index contributed by atoms with van der Waals surface area (Å²) < 4.78 is 2.13. The average molecular weight is 369 g/mol. The third-order valence-electron chi connectivity index (χ3n) is 5.77. The Morgan fingerprint density at radius 2 is 1.96 bits per heavy atom. The highest BCUT2D eigenvalue weighted by atomic mass is 16.2. The van der Waals surface area contributed by atoms with Crippen LogP contribution in [0.3, 0.4) is 0 Å². The molecule has 27 heavy (non-hydrogen) atoms. The minimum absolute atomic E-state index is 0.0628. The first-order valence-corrected chi connectivity index (χ1v) is 10.0. The molecule has 5 nitrogen and oxygen atoms in total. The molecule has 146 valence electrons. The zero-order valence-electron chi connectivity index (χ0n) is 17.2. The number of anilines is 1. The average Bonchev–Trinajstić information content (AvgIpc) is 3.33. The summed E-state index contributed by atoms with van der Waals surface area (Å²) in [6.45, 7) is 8.18. The summed E-state index contributed by atoms with van der Waals surface area (Å²) >= 11 is 0. The van der Waals surface area contributed by atoms with E-state index in [1.54, 1.807) is 4.90 Å². The maximum Gasteiger partial charge on any atom is 0.254 e. The summed E-state index contributed by atoms with van der Waals surface area (Å²) in [6, 6.07) is 6.88. The maximum absolute atomic E-state index is 12.8. The quantitative estimate of drug-likeness (QED) is 0.784. The van der Waals surface area contributed by atoms with Crippen LogP contribution in [-0.4, -0.2) is 33.7 Å². The van der Waals surface area contributed by atoms with Crippen LogP contribution in [0.2, 0.25) is 0 Å². The van der Waals surface area contributed by atoms with Crippen molar-refractivity contribution in [1.82, 2.24) is 14.7 Å². The van der Waals surface area contributed by atoms with Crippen molar-refractivity contribution in [2.45, 2.75) is 71.5 Å². The molecule has 0 spiro atoms. The number of aromatic nitrogens is 2. The van der Waals surface area contributed by atoms with Crippen molar-refractivity contribution in [2.24, 2.45) is 0 Å². The predicted octanol–water partition coefficient (Wildman–Crippen LogP) is 4.96. The monoisotopic (exact) mass is 368 g/mol. The number of carbonyl (C=O) groups is 1. The van der Waals surface area contributed by atoms with Gasteiger partial charge < -0.3 is 10.2 Å². The number of hydrogen-bond donors (Lipinski definition) is 1. The molecule has 0 aliphatic heterocycles. The first-order chi connectivity index (χ1) is 12.9. The molecular formula is C22H32N4O. The molecule has 1 N–H and O–H groups in total. The Morgan fingerprint density at radius 3 is 2.63 bits per heavy atom. The maximum atomic E-state index is 12.8. The van der Waals surface area contributed by atoms with Crippen molar-refractivity contribution in [3.8, 4) is 0 Å². The van der Waals surface area contributed by atoms with Crippen LogP contribution in [0.15, 0.2) is 30.6 Å². The molecule has 0 radical (unpaired) electrons. The molecule has 1 aliphatic rings. The minimum atomic E-state index is 0.0628. The van der Waals surface area contributed by atoms with Crippen LogP contribution in [0.1, 0.15) is 80.0 Å². The zero-order chi connectivity index (χ0) is 19.6. The van der Waals surface area contributed by atoms with Crippen LogP contribution >= 0.6 is 0 Å². The Bertz CT molecular complexity index is 789. The van der Waals surface area contributed by atoms with Gasteiger partial charge in [-0.2, -0.15) is 5.10 Å². The molecule has 1 saturated carbocycles. The second-order valence-corrected chi connectivity index (χ2v) is 8.10. The van der Waals surface area contributed by atoms with E-state index in [9.17, 15) is 4.79 Å². The summed E-state index contributed by atoms with van der Waals surface area (Å²) in [4.78, 5) is 14.5. The number of aryl methyl sites for hydroxylation is 1. The minimum Gasteiger partial charge on any atom is -0.378 e. The van der Waals surface area contributed by atoms with Gasteiger partial charge in [-0.15, -0.1) is 0 Å². The fraction of sp³-hybridized carbons (Fsp3) is 0.545. The third-order valence-corrected chi connectivity index (χ3v) is 5.77. The van der Waals surface area contributed by atoms with E-state index in [2.05, 4.69) is 28.2 Å². The van der Waals surface area contributed by atoms with Gasteiger partial charge in [-0.05, 0) is 58.2 Å². The number of benzene rings is 1. The zero-order valence-corrected chi connectivity index (χ0v) is 17.2. The van der Waals surface area contributed by atoms with E-state index in [1.807, 2.05) is 52.2 Å². The topological polar surface area (TPSA) is 50.2 Å². The number of rotatable bonds is 6. The highest BCUT2D eigenvalue weighted by Crippen LogP contribution is 2.30. The van der Waals surface area contributed by atoms with Crippen LogP contribution in [-0.2, 0) is 0 Å². The summed E-state index contributed by atoms with van der Waals surface area (Å²) in [7, 11) is 1.85. The number of hydrogen-bond acceptors (Lipinski definition) is 3. The second kappa shape index (κ2) is 8.15. The highest BCUT2D eigenvalue weighted by molar-refractivity contribution is 5.96. The van der Waals surface area contributed by atoms with Gasteiger partial charge >= 0.3 is 0 Å². The molecule has 2 aromatic rings. The van der Waals surface area contributed by atoms with Gasteiger partial charge in [-0.25, -0.2) is 0 Å². The first kappa shape index (κ1) is 19.5. The van der Waals surface area contributed by atoms with Gasteiger partial charge in [0.25, 0.3) is 5.91 Å². The number of nitrogens with one attached hydrogen (secondary N) is 1. The van der Waals surface area contributed by atoms with Crippen LogP contribution in [0.4, 0.5) is 5.69 Å². The molecule has 1 aromatic heterocycles. The fourth-order valence-electron chi connectivity index (χ4n) is 3.64. The molecule has 3 rings (SSSR count). The summed E-state index contributed by atoms with van der Waals surface area (Å²) in [6.07, 6.45) is 9.20. The molecule has 0 saturated heterocycles. The normalized spacial score (nSPS) is 15.9. The van der Waals surface area contributed by atoms with Gasteiger partial charge in [0, 0.05) is 36.1 Å². The van der Waals surface area contributed by atoms with E-state index in [0.29, 0.717) is 6.04 Å². The Balaban J connectivity index is 1.73. The molecule has 1 amide bonds. The number of carbonyl (C=O) groups excluding carboxylic acids is 1. The summed E-state index contributed by atoms with van der Waals surface area (Å²) in [5.41, 5.74) is 3.89. The second-order valence-electron chi connectivity index (χ2n) is 8.10. The van der Waals surface area contributed by atoms with Crippen LogP contribution in [0, 0.1) is 6.92 Å². The summed E-state index contributed by atoms with van der Waals surface area (Å²) in [5.74, 6) is 0.0628. The Hall–Kier alpha value is -2.30. The van der Waals surface area contributed by atoms with Crippen LogP contribution in [0.25, 0.3) is 0 Å². The number of nitrogens with zero attached hydrogens (tertiary/aromatic N) is 3. The highest BCUT2D eigenvalue weighted by Gasteiger charge is 2.20. The van der Waals surface area contributed by atoms with Gasteiger partial charge in [-0.3, -0.25) is 9.48 Å². The van der Waals surface area contributed by atoms with Crippen molar-refractivity contribution in [3.63, 3.8) is 0 Å². The molecule has 1 unspecified atom stereocenters. The molecular weight excluding hydrogens is 336 g/mol. The SMILES string of the molecule is Cc1ccc(NC(C)c2cnn(C3CCCC3)c2)cc1C(=O)N(C)C(C)C. The van der Waals surface area contributed by atoms with Crippen molar-refractivity contribution in [2.75, 3.05) is 12.4 Å². The standard InChI is InChI=1S/C22H32N4O/c1-15(2)25(5)22(27)21-12-19(11-10-16(21)3)24-17(4)18-13-23-26(14-18)20-8-6-7-9-20/h10-15,17,20,24H,6-9H2,1-5H3. The van der Waals surface area contributed by atoms with Crippen LogP contribution in [0.5, 0.6) is 0 Å². The Labute approximate surface area is 162 Å². The smallest absolute Gasteiger partial charge is 0.254 e. The largest absolute Gasteiger partial charge is 0.378 e. The van der Waals surface area contributed by atoms with Gasteiger partial charge in [0.1, 0.15) is 0 Å². The molecule has 1 aromatic carbocycles. The van der Waals surface area contributed by atoms with Crippen molar-refractivity contribution < 1.29 is 4.79 Å². The molecule has 0 bridgehead atoms. The van der Waals surface area contributed by atoms with E-state index >= 15 is 0 Å². The lowest BCUT2D eigenvalue weighted by Crippen LogP contribution is -2.33. The fourth-order valence-corrected chi connectivity index (χ4v) is 3.64. The van der Waals surface area contributed by atoms with E-state index in [0.717, 1.165) is 16.8 Å². The van der Waals surface area contributed by atoms with E-state index in [4.69, 9.17) is 0 Å². The lowest BCUT2D eigenvalue weighted by atomic mass is 10.1. The van der Waals surface area contributed by atoms with Crippen molar-refractivity contribution in [3.05, 3.63) is 47.3 Å². The number of amides is 1. The van der Waals surface area contributed by atoms with E-state index < -0.39 is 0 Å². The predicted molar refractivity (Wildman–Crippen MR) is 110 cm³/mol. The van der Waals surface area contributed by atoms with Gasteiger partial charge in [0.2, 0.25) is 0 Å². The summed E-state index contributed by atoms with van der Waals surface area (Å²) in [5, 5.41) is 8.11. The molecule has 5 heteroatoms. The lowest BCUT2D eigenvalue weighted by Gasteiger charge is -2.23. The van der Waals surface area contributed by atoms with E-state index in [-0.39, 0.29) is 18.0 Å². The van der Waals surface area contributed by atoms with Gasteiger partial charge in [0.05, 0.1) is 18.3 Å². The van der Waals surface area contributed by atoms with Crippen LogP contribution < -0.4 is 5.32 Å². The third kappa shape index (κ3) is 4.34. The Morgan fingerprint density at radius 1 is 1.26 bits per heavy atom. The van der Waals surface area contributed by atoms with Gasteiger partial charge in [-0.1, -0.05) is 18.9 Å². The van der Waals surface area contributed by atoms with E-state index in [1.165, 1.54) is 31.2 Å². The van der Waals surface area contributed by atoms with Crippen molar-refractivity contribution in [1.29, 1.82) is 0 Å².